The van der Waals surface area contributed by atoms with Crippen molar-refractivity contribution in [1.29, 1.82) is 5.26 Å². The van der Waals surface area contributed by atoms with E-state index < -0.39 is 0 Å². The van der Waals surface area contributed by atoms with Crippen LogP contribution in [0.3, 0.4) is 0 Å². The van der Waals surface area contributed by atoms with Crippen LogP contribution in [0, 0.1) is 18.3 Å². The van der Waals surface area contributed by atoms with Gasteiger partial charge >= 0.3 is 0 Å². The van der Waals surface area contributed by atoms with E-state index in [1.54, 1.807) is 18.2 Å². The molecular formula is C12H9N3OS. The van der Waals surface area contributed by atoms with Gasteiger partial charge in [0.25, 0.3) is 5.91 Å². The highest BCUT2D eigenvalue weighted by molar-refractivity contribution is 7.14. The van der Waals surface area contributed by atoms with Gasteiger partial charge in [0.2, 0.25) is 0 Å². The van der Waals surface area contributed by atoms with Crippen molar-refractivity contribution in [2.24, 2.45) is 0 Å². The van der Waals surface area contributed by atoms with Gasteiger partial charge in [-0.3, -0.25) is 4.79 Å². The fourth-order valence-electron chi connectivity index (χ4n) is 1.27. The lowest BCUT2D eigenvalue weighted by Crippen LogP contribution is -2.11. The van der Waals surface area contributed by atoms with Crippen molar-refractivity contribution < 1.29 is 4.79 Å². The van der Waals surface area contributed by atoms with Gasteiger partial charge in [-0.2, -0.15) is 5.26 Å². The summed E-state index contributed by atoms with van der Waals surface area (Å²) in [5, 5.41) is 11.3. The zero-order valence-corrected chi connectivity index (χ0v) is 9.91. The molecule has 17 heavy (non-hydrogen) atoms. The second-order valence-corrected chi connectivity index (χ2v) is 4.70. The van der Waals surface area contributed by atoms with Gasteiger partial charge < -0.3 is 5.32 Å². The number of nitrogens with zero attached hydrogens (tertiary/aromatic N) is 2. The summed E-state index contributed by atoms with van der Waals surface area (Å²) >= 11 is 1.43. The standard InChI is InChI=1S/C12H9N3OS/c1-8-2-4-10(17-8)12(16)15-11-5-3-9(6-13)7-14-11/h2-5,7H,1H3,(H,14,15,16). The largest absolute Gasteiger partial charge is 0.306 e. The smallest absolute Gasteiger partial charge is 0.266 e. The Balaban J connectivity index is 2.11. The fourth-order valence-corrected chi connectivity index (χ4v) is 2.03. The van der Waals surface area contributed by atoms with E-state index in [9.17, 15) is 4.79 Å². The molecule has 2 heterocycles. The summed E-state index contributed by atoms with van der Waals surface area (Å²) < 4.78 is 0. The minimum absolute atomic E-state index is 0.180. The average Bonchev–Trinajstić information content (AvgIpc) is 2.77. The highest BCUT2D eigenvalue weighted by atomic mass is 32.1. The normalized spacial score (nSPS) is 9.65. The fraction of sp³-hybridized carbons (Fsp3) is 0.0833. The minimum Gasteiger partial charge on any atom is -0.306 e. The number of carbonyl (C=O) groups is 1. The molecule has 0 bridgehead atoms. The second-order valence-electron chi connectivity index (χ2n) is 3.41. The molecule has 0 radical (unpaired) electrons. The van der Waals surface area contributed by atoms with E-state index >= 15 is 0 Å². The van der Waals surface area contributed by atoms with E-state index in [2.05, 4.69) is 10.3 Å². The third-order valence-corrected chi connectivity index (χ3v) is 3.10. The number of pyridine rings is 1. The van der Waals surface area contributed by atoms with Gasteiger partial charge in [0.05, 0.1) is 10.4 Å². The summed E-state index contributed by atoms with van der Waals surface area (Å²) in [7, 11) is 0. The van der Waals surface area contributed by atoms with E-state index in [0.29, 0.717) is 16.3 Å². The quantitative estimate of drug-likeness (QED) is 0.881. The number of aryl methyl sites for hydroxylation is 1. The van der Waals surface area contributed by atoms with Gasteiger partial charge in [-0.05, 0) is 31.2 Å². The number of rotatable bonds is 2. The van der Waals surface area contributed by atoms with Gasteiger partial charge in [-0.15, -0.1) is 11.3 Å². The molecule has 0 saturated heterocycles. The summed E-state index contributed by atoms with van der Waals surface area (Å²) in [5.41, 5.74) is 0.468. The zero-order valence-electron chi connectivity index (χ0n) is 9.10. The summed E-state index contributed by atoms with van der Waals surface area (Å²) in [6.07, 6.45) is 1.43. The maximum atomic E-state index is 11.8. The first-order valence-corrected chi connectivity index (χ1v) is 5.74. The van der Waals surface area contributed by atoms with E-state index in [1.165, 1.54) is 17.5 Å². The van der Waals surface area contributed by atoms with E-state index in [4.69, 9.17) is 5.26 Å². The predicted octanol–water partition coefficient (Wildman–Crippen LogP) is 2.58. The molecule has 84 valence electrons. The number of aromatic nitrogens is 1. The number of nitrogens with one attached hydrogen (secondary N) is 1. The Hall–Kier alpha value is -2.19. The van der Waals surface area contributed by atoms with Crippen LogP contribution in [0.25, 0.3) is 0 Å². The topological polar surface area (TPSA) is 65.8 Å². The Labute approximate surface area is 103 Å². The Bertz CT molecular complexity index is 581. The molecule has 0 unspecified atom stereocenters. The van der Waals surface area contributed by atoms with Crippen molar-refractivity contribution in [3.05, 3.63) is 45.8 Å². The van der Waals surface area contributed by atoms with Gasteiger partial charge in [0.15, 0.2) is 0 Å². The molecule has 0 aliphatic rings. The van der Waals surface area contributed by atoms with E-state index in [-0.39, 0.29) is 5.91 Å². The lowest BCUT2D eigenvalue weighted by Gasteiger charge is -2.01. The van der Waals surface area contributed by atoms with Crippen LogP contribution in [-0.2, 0) is 0 Å². The van der Waals surface area contributed by atoms with Crippen LogP contribution >= 0.6 is 11.3 Å². The molecule has 2 aromatic rings. The molecule has 0 fully saturated rings. The minimum atomic E-state index is -0.180. The SMILES string of the molecule is Cc1ccc(C(=O)Nc2ccc(C#N)cn2)s1. The number of carbonyl (C=O) groups excluding carboxylic acids is 1. The third-order valence-electron chi connectivity index (χ3n) is 2.10. The summed E-state index contributed by atoms with van der Waals surface area (Å²) in [5.74, 6) is 0.264. The predicted molar refractivity (Wildman–Crippen MR) is 66.0 cm³/mol. The molecule has 2 aromatic heterocycles. The first-order valence-electron chi connectivity index (χ1n) is 4.93. The summed E-state index contributed by atoms with van der Waals surface area (Å²) in [6, 6.07) is 8.86. The summed E-state index contributed by atoms with van der Waals surface area (Å²) in [6.45, 7) is 1.95. The van der Waals surface area contributed by atoms with Crippen LogP contribution in [-0.4, -0.2) is 10.9 Å². The number of amides is 1. The molecule has 0 saturated carbocycles. The molecule has 0 aliphatic heterocycles. The van der Waals surface area contributed by atoms with Crippen molar-refractivity contribution in [2.45, 2.75) is 6.92 Å². The lowest BCUT2D eigenvalue weighted by molar-refractivity contribution is 0.103. The van der Waals surface area contributed by atoms with Crippen LogP contribution < -0.4 is 5.32 Å². The van der Waals surface area contributed by atoms with Gasteiger partial charge in [-0.1, -0.05) is 0 Å². The molecule has 2 rings (SSSR count). The first kappa shape index (κ1) is 11.3. The highest BCUT2D eigenvalue weighted by Crippen LogP contribution is 2.16. The highest BCUT2D eigenvalue weighted by Gasteiger charge is 2.08. The molecule has 5 heteroatoms. The Morgan fingerprint density at radius 1 is 1.41 bits per heavy atom. The van der Waals surface area contributed by atoms with Gasteiger partial charge in [-0.25, -0.2) is 4.98 Å². The Morgan fingerprint density at radius 2 is 2.24 bits per heavy atom. The van der Waals surface area contributed by atoms with Crippen molar-refractivity contribution in [2.75, 3.05) is 5.32 Å². The van der Waals surface area contributed by atoms with Crippen LogP contribution in [0.5, 0.6) is 0 Å². The van der Waals surface area contributed by atoms with Crippen molar-refractivity contribution in [3.8, 4) is 6.07 Å². The molecule has 0 aliphatic carbocycles. The monoisotopic (exact) mass is 243 g/mol. The van der Waals surface area contributed by atoms with Crippen LogP contribution in [0.15, 0.2) is 30.5 Å². The molecule has 0 aromatic carbocycles. The summed E-state index contributed by atoms with van der Waals surface area (Å²) in [4.78, 5) is 17.5. The van der Waals surface area contributed by atoms with Crippen molar-refractivity contribution in [3.63, 3.8) is 0 Å². The third kappa shape index (κ3) is 2.68. The Kier molecular flexibility index (Phi) is 3.17. The molecule has 4 nitrogen and oxygen atoms in total. The van der Waals surface area contributed by atoms with E-state index in [0.717, 1.165) is 4.88 Å². The van der Waals surface area contributed by atoms with Crippen molar-refractivity contribution in [1.82, 2.24) is 4.98 Å². The number of thiophene rings is 1. The molecule has 1 amide bonds. The number of hydrogen-bond donors (Lipinski definition) is 1. The number of hydrogen-bond acceptors (Lipinski definition) is 4. The lowest BCUT2D eigenvalue weighted by atomic mass is 10.3. The van der Waals surface area contributed by atoms with Gasteiger partial charge in [0.1, 0.15) is 11.9 Å². The first-order chi connectivity index (χ1) is 8.19. The average molecular weight is 243 g/mol. The number of nitriles is 1. The van der Waals surface area contributed by atoms with Gasteiger partial charge in [0, 0.05) is 11.1 Å². The van der Waals surface area contributed by atoms with Crippen molar-refractivity contribution >= 4 is 23.1 Å². The second kappa shape index (κ2) is 4.76. The molecule has 0 spiro atoms. The van der Waals surface area contributed by atoms with Crippen LogP contribution in [0.1, 0.15) is 20.1 Å². The Morgan fingerprint density at radius 3 is 2.76 bits per heavy atom. The maximum Gasteiger partial charge on any atom is 0.266 e. The maximum absolute atomic E-state index is 11.8. The number of anilines is 1. The van der Waals surface area contributed by atoms with E-state index in [1.807, 2.05) is 19.1 Å². The van der Waals surface area contributed by atoms with Crippen LogP contribution in [0.2, 0.25) is 0 Å². The van der Waals surface area contributed by atoms with Crippen LogP contribution in [0.4, 0.5) is 5.82 Å². The molecular weight excluding hydrogens is 234 g/mol. The molecule has 0 atom stereocenters. The zero-order chi connectivity index (χ0) is 12.3. The molecule has 1 N–H and O–H groups in total.